The minimum atomic E-state index is -2.56. The smallest absolute Gasteiger partial charge is 0.319 e. The van der Waals surface area contributed by atoms with Gasteiger partial charge in [-0.05, 0) is 42.0 Å². The Morgan fingerprint density at radius 2 is 1.97 bits per heavy atom. The molecule has 1 aliphatic carbocycles. The highest BCUT2D eigenvalue weighted by Crippen LogP contribution is 2.56. The molecule has 1 aromatic carbocycles. The van der Waals surface area contributed by atoms with E-state index in [1.807, 2.05) is 24.3 Å². The summed E-state index contributed by atoms with van der Waals surface area (Å²) in [6.45, 7) is 0. The molecule has 1 aliphatic rings. The minimum Gasteiger partial charge on any atom is -0.480 e. The van der Waals surface area contributed by atoms with E-state index in [-0.39, 0.29) is 22.9 Å². The van der Waals surface area contributed by atoms with Crippen molar-refractivity contribution in [2.45, 2.75) is 24.7 Å². The number of halogens is 2. The van der Waals surface area contributed by atoms with Crippen LogP contribution in [0.5, 0.6) is 11.9 Å². The summed E-state index contributed by atoms with van der Waals surface area (Å²) in [5.41, 5.74) is 4.84. The maximum absolute atomic E-state index is 13.1. The third-order valence-corrected chi connectivity index (χ3v) is 7.03. The Hall–Kier alpha value is -3.73. The van der Waals surface area contributed by atoms with Crippen LogP contribution in [0.3, 0.4) is 0 Å². The first-order valence-corrected chi connectivity index (χ1v) is 11.4. The Balaban J connectivity index is 1.38. The molecule has 4 aromatic heterocycles. The third kappa shape index (κ3) is 3.43. The molecule has 8 nitrogen and oxygen atoms in total. The maximum Gasteiger partial charge on any atom is 0.319 e. The number of fused-ring (bicyclic) bond motifs is 2. The van der Waals surface area contributed by atoms with Crippen molar-refractivity contribution in [1.29, 1.82) is 0 Å². The van der Waals surface area contributed by atoms with Gasteiger partial charge in [0, 0.05) is 24.2 Å². The molecule has 172 valence electrons. The third-order valence-electron chi connectivity index (χ3n) is 6.00. The van der Waals surface area contributed by atoms with Crippen molar-refractivity contribution in [3.63, 3.8) is 0 Å². The van der Waals surface area contributed by atoms with E-state index in [9.17, 15) is 8.78 Å². The fourth-order valence-electron chi connectivity index (χ4n) is 4.32. The van der Waals surface area contributed by atoms with Gasteiger partial charge < -0.3 is 9.47 Å². The summed E-state index contributed by atoms with van der Waals surface area (Å²) in [5.74, 6) is 0.839. The number of rotatable bonds is 6. The van der Waals surface area contributed by atoms with E-state index in [1.165, 1.54) is 14.2 Å². The van der Waals surface area contributed by atoms with E-state index in [2.05, 4.69) is 25.0 Å². The molecule has 0 aliphatic heterocycles. The van der Waals surface area contributed by atoms with Gasteiger partial charge in [0.2, 0.25) is 5.88 Å². The van der Waals surface area contributed by atoms with E-state index in [4.69, 9.17) is 9.47 Å². The molecule has 0 saturated heterocycles. The summed E-state index contributed by atoms with van der Waals surface area (Å²) in [4.78, 5) is 17.0. The number of hydrogen-bond acceptors (Lipinski definition) is 8. The summed E-state index contributed by atoms with van der Waals surface area (Å²) in [7, 11) is 3.03. The highest BCUT2D eigenvalue weighted by atomic mass is 32.1. The van der Waals surface area contributed by atoms with Gasteiger partial charge in [0.25, 0.3) is 6.43 Å². The zero-order valence-corrected chi connectivity index (χ0v) is 19.0. The van der Waals surface area contributed by atoms with Crippen molar-refractivity contribution in [2.75, 3.05) is 14.2 Å². The van der Waals surface area contributed by atoms with Crippen LogP contribution in [0.15, 0.2) is 42.9 Å². The number of methoxy groups -OCH3 is 2. The number of aromatic nitrogens is 6. The Morgan fingerprint density at radius 3 is 2.76 bits per heavy atom. The van der Waals surface area contributed by atoms with Gasteiger partial charge in [0.1, 0.15) is 0 Å². The second-order valence-corrected chi connectivity index (χ2v) is 9.05. The van der Waals surface area contributed by atoms with Gasteiger partial charge in [-0.3, -0.25) is 0 Å². The van der Waals surface area contributed by atoms with Crippen LogP contribution in [0.2, 0.25) is 0 Å². The van der Waals surface area contributed by atoms with E-state index in [0.717, 1.165) is 39.2 Å². The first-order chi connectivity index (χ1) is 16.6. The average molecular weight is 481 g/mol. The molecule has 5 aromatic rings. The molecule has 1 fully saturated rings. The van der Waals surface area contributed by atoms with Crippen molar-refractivity contribution in [3.05, 3.63) is 59.0 Å². The molecule has 0 bridgehead atoms. The lowest BCUT2D eigenvalue weighted by atomic mass is 10.0. The summed E-state index contributed by atoms with van der Waals surface area (Å²) in [5, 5.41) is 4.53. The summed E-state index contributed by atoms with van der Waals surface area (Å²) < 4.78 is 39.2. The lowest BCUT2D eigenvalue weighted by molar-refractivity contribution is 0.151. The molecule has 1 saturated carbocycles. The van der Waals surface area contributed by atoms with Crippen LogP contribution in [-0.4, -0.2) is 43.8 Å². The number of thiazole rings is 1. The lowest BCUT2D eigenvalue weighted by Crippen LogP contribution is -2.02. The van der Waals surface area contributed by atoms with Crippen LogP contribution in [0.1, 0.15) is 40.8 Å². The summed E-state index contributed by atoms with van der Waals surface area (Å²) in [6.07, 6.45) is 3.50. The molecular weight excluding hydrogens is 462 g/mol. The Bertz CT molecular complexity index is 1540. The highest BCUT2D eigenvalue weighted by Gasteiger charge is 2.41. The monoisotopic (exact) mass is 480 g/mol. The number of nitrogens with zero attached hydrogens (tertiary/aromatic N) is 6. The lowest BCUT2D eigenvalue weighted by Gasteiger charge is -2.10. The number of ether oxygens (including phenoxy) is 2. The van der Waals surface area contributed by atoms with Crippen LogP contribution in [-0.2, 0) is 0 Å². The van der Waals surface area contributed by atoms with Gasteiger partial charge in [-0.15, -0.1) is 11.3 Å². The van der Waals surface area contributed by atoms with Gasteiger partial charge in [-0.2, -0.15) is 10.1 Å². The normalized spacial score (nSPS) is 17.6. The van der Waals surface area contributed by atoms with E-state index >= 15 is 0 Å². The Kier molecular flexibility index (Phi) is 4.87. The SMILES string of the molecule is COc1ncc(-c2cc(C3C[C@@H]3c3ccc4nc(C(F)F)sc4c3)c3nccn3n2)c(OC)n1. The summed E-state index contributed by atoms with van der Waals surface area (Å²) in [6, 6.07) is 7.99. The molecule has 0 spiro atoms. The zero-order valence-electron chi connectivity index (χ0n) is 18.1. The Morgan fingerprint density at radius 1 is 1.09 bits per heavy atom. The van der Waals surface area contributed by atoms with Gasteiger partial charge in [-0.25, -0.2) is 28.2 Å². The van der Waals surface area contributed by atoms with Gasteiger partial charge in [0.05, 0.1) is 35.7 Å². The van der Waals surface area contributed by atoms with Crippen LogP contribution in [0, 0.1) is 0 Å². The Labute approximate surface area is 196 Å². The van der Waals surface area contributed by atoms with Crippen LogP contribution in [0.25, 0.3) is 27.1 Å². The molecule has 34 heavy (non-hydrogen) atoms. The van der Waals surface area contributed by atoms with Crippen molar-refractivity contribution in [2.24, 2.45) is 0 Å². The van der Waals surface area contributed by atoms with Crippen LogP contribution >= 0.6 is 11.3 Å². The molecule has 4 heterocycles. The largest absolute Gasteiger partial charge is 0.480 e. The molecule has 0 amide bonds. The number of hydrogen-bond donors (Lipinski definition) is 0. The molecule has 6 rings (SSSR count). The number of alkyl halides is 2. The summed E-state index contributed by atoms with van der Waals surface area (Å²) >= 11 is 1.05. The second kappa shape index (κ2) is 7.94. The first kappa shape index (κ1) is 20.8. The second-order valence-electron chi connectivity index (χ2n) is 7.99. The maximum atomic E-state index is 13.1. The standard InChI is InChI=1S/C23H18F2N6O2S/c1-32-21-15(10-27-23(29-21)33-2)17-9-14(20-26-5-6-31(20)30-17)13-8-12(13)11-3-4-16-18(7-11)34-22(28-16)19(24)25/h3-7,9-10,12-13,19H,8H2,1-2H3/t12-,13?/m1/s1. The zero-order chi connectivity index (χ0) is 23.4. The van der Waals surface area contributed by atoms with E-state index in [0.29, 0.717) is 22.7 Å². The average Bonchev–Trinajstić information content (AvgIpc) is 3.29. The van der Waals surface area contributed by atoms with Gasteiger partial charge >= 0.3 is 6.01 Å². The quantitative estimate of drug-likeness (QED) is 0.337. The molecule has 1 unspecified atom stereocenters. The van der Waals surface area contributed by atoms with Crippen LogP contribution < -0.4 is 9.47 Å². The van der Waals surface area contributed by atoms with Crippen LogP contribution in [0.4, 0.5) is 8.78 Å². The predicted molar refractivity (Wildman–Crippen MR) is 122 cm³/mol. The van der Waals surface area contributed by atoms with E-state index in [1.54, 1.807) is 23.1 Å². The molecule has 11 heteroatoms. The predicted octanol–water partition coefficient (Wildman–Crippen LogP) is 5.02. The molecule has 2 atom stereocenters. The van der Waals surface area contributed by atoms with Crippen molar-refractivity contribution < 1.29 is 18.3 Å². The molecule has 0 N–H and O–H groups in total. The fraction of sp³-hybridized carbons (Fsp3) is 0.261. The van der Waals surface area contributed by atoms with Gasteiger partial charge in [-0.1, -0.05) is 6.07 Å². The van der Waals surface area contributed by atoms with Crippen molar-refractivity contribution >= 4 is 27.2 Å². The topological polar surface area (TPSA) is 87.3 Å². The first-order valence-electron chi connectivity index (χ1n) is 10.5. The number of imidazole rings is 1. The van der Waals surface area contributed by atoms with E-state index < -0.39 is 6.43 Å². The molecule has 0 radical (unpaired) electrons. The van der Waals surface area contributed by atoms with Gasteiger partial charge in [0.15, 0.2) is 10.7 Å². The minimum absolute atomic E-state index is 0.145. The van der Waals surface area contributed by atoms with Crippen molar-refractivity contribution in [3.8, 4) is 23.1 Å². The van der Waals surface area contributed by atoms with Crippen molar-refractivity contribution in [1.82, 2.24) is 29.5 Å². The molecular formula is C23H18F2N6O2S. The fourth-order valence-corrected chi connectivity index (χ4v) is 5.19. The number of benzene rings is 1. The highest BCUT2D eigenvalue weighted by molar-refractivity contribution is 7.18.